The van der Waals surface area contributed by atoms with Gasteiger partial charge >= 0.3 is 0 Å². The van der Waals surface area contributed by atoms with Crippen molar-refractivity contribution < 1.29 is 4.79 Å². The minimum atomic E-state index is 0.143. The standard InChI is InChI=1S/C17H26N2O/c1-3-14-7-4-5-9-16(14)19-17(20)11-13(2)15-8-6-10-18-12-15/h4-5,7,9,13,15,18H,3,6,8,10-12H2,1-2H3,(H,19,20). The van der Waals surface area contributed by atoms with E-state index in [0.717, 1.165) is 25.2 Å². The van der Waals surface area contributed by atoms with Gasteiger partial charge in [-0.2, -0.15) is 0 Å². The molecule has 2 atom stereocenters. The first-order valence-electron chi connectivity index (χ1n) is 7.79. The van der Waals surface area contributed by atoms with Gasteiger partial charge in [0, 0.05) is 12.1 Å². The average molecular weight is 274 g/mol. The second kappa shape index (κ2) is 7.44. The van der Waals surface area contributed by atoms with Crippen molar-refractivity contribution >= 4 is 11.6 Å². The second-order valence-corrected chi connectivity index (χ2v) is 5.85. The zero-order chi connectivity index (χ0) is 14.4. The lowest BCUT2D eigenvalue weighted by atomic mass is 9.85. The summed E-state index contributed by atoms with van der Waals surface area (Å²) in [6, 6.07) is 8.06. The Bertz CT molecular complexity index is 438. The Kier molecular flexibility index (Phi) is 5.60. The molecule has 2 rings (SSSR count). The van der Waals surface area contributed by atoms with Crippen LogP contribution in [0.4, 0.5) is 5.69 Å². The number of rotatable bonds is 5. The van der Waals surface area contributed by atoms with Gasteiger partial charge in [-0.3, -0.25) is 4.79 Å². The van der Waals surface area contributed by atoms with Crippen molar-refractivity contribution in [1.29, 1.82) is 0 Å². The topological polar surface area (TPSA) is 41.1 Å². The van der Waals surface area contributed by atoms with Crippen molar-refractivity contribution in [3.05, 3.63) is 29.8 Å². The summed E-state index contributed by atoms with van der Waals surface area (Å²) in [5, 5.41) is 6.50. The van der Waals surface area contributed by atoms with Crippen molar-refractivity contribution in [3.63, 3.8) is 0 Å². The third-order valence-corrected chi connectivity index (χ3v) is 4.32. The molecule has 110 valence electrons. The predicted octanol–water partition coefficient (Wildman–Crippen LogP) is 3.21. The van der Waals surface area contributed by atoms with Crippen molar-refractivity contribution in [2.24, 2.45) is 11.8 Å². The molecular formula is C17H26N2O. The van der Waals surface area contributed by atoms with E-state index < -0.39 is 0 Å². The summed E-state index contributed by atoms with van der Waals surface area (Å²) in [5.74, 6) is 1.22. The fourth-order valence-electron chi connectivity index (χ4n) is 2.98. The van der Waals surface area contributed by atoms with E-state index in [0.29, 0.717) is 18.3 Å². The Morgan fingerprint density at radius 2 is 2.25 bits per heavy atom. The lowest BCUT2D eigenvalue weighted by Crippen LogP contribution is -2.34. The first-order valence-corrected chi connectivity index (χ1v) is 7.79. The average Bonchev–Trinajstić information content (AvgIpc) is 2.48. The number of benzene rings is 1. The molecule has 1 fully saturated rings. The van der Waals surface area contributed by atoms with Gasteiger partial charge in [0.2, 0.25) is 5.91 Å². The molecule has 0 aromatic heterocycles. The molecule has 20 heavy (non-hydrogen) atoms. The maximum atomic E-state index is 12.2. The summed E-state index contributed by atoms with van der Waals surface area (Å²) < 4.78 is 0. The molecule has 1 aliphatic rings. The zero-order valence-corrected chi connectivity index (χ0v) is 12.6. The molecule has 0 radical (unpaired) electrons. The molecule has 1 aromatic carbocycles. The highest BCUT2D eigenvalue weighted by Crippen LogP contribution is 2.23. The van der Waals surface area contributed by atoms with Gasteiger partial charge in [0.05, 0.1) is 0 Å². The molecule has 0 aliphatic carbocycles. The molecule has 0 spiro atoms. The fraction of sp³-hybridized carbons (Fsp3) is 0.588. The Morgan fingerprint density at radius 1 is 1.45 bits per heavy atom. The number of carbonyl (C=O) groups excluding carboxylic acids is 1. The van der Waals surface area contributed by atoms with Gasteiger partial charge < -0.3 is 10.6 Å². The number of amides is 1. The summed E-state index contributed by atoms with van der Waals surface area (Å²) in [6.45, 7) is 6.49. The number of nitrogens with one attached hydrogen (secondary N) is 2. The summed E-state index contributed by atoms with van der Waals surface area (Å²) in [7, 11) is 0. The number of aryl methyl sites for hydroxylation is 1. The molecule has 1 aliphatic heterocycles. The number of anilines is 1. The Labute approximate surface area is 122 Å². The van der Waals surface area contributed by atoms with E-state index in [1.165, 1.54) is 18.4 Å². The molecular weight excluding hydrogens is 248 g/mol. The van der Waals surface area contributed by atoms with Gasteiger partial charge in [0.15, 0.2) is 0 Å². The van der Waals surface area contributed by atoms with E-state index in [2.05, 4.69) is 30.5 Å². The van der Waals surface area contributed by atoms with E-state index in [4.69, 9.17) is 0 Å². The summed E-state index contributed by atoms with van der Waals surface area (Å²) in [6.07, 6.45) is 4.03. The number of piperidine rings is 1. The van der Waals surface area contributed by atoms with Crippen molar-refractivity contribution in [3.8, 4) is 0 Å². The molecule has 2 unspecified atom stereocenters. The SMILES string of the molecule is CCc1ccccc1NC(=O)CC(C)C1CCCNC1. The lowest BCUT2D eigenvalue weighted by Gasteiger charge is -2.28. The third-order valence-electron chi connectivity index (χ3n) is 4.32. The van der Waals surface area contributed by atoms with Crippen LogP contribution < -0.4 is 10.6 Å². The zero-order valence-electron chi connectivity index (χ0n) is 12.6. The van der Waals surface area contributed by atoms with E-state index in [1.54, 1.807) is 0 Å². The van der Waals surface area contributed by atoms with E-state index >= 15 is 0 Å². The van der Waals surface area contributed by atoms with E-state index in [9.17, 15) is 4.79 Å². The molecule has 1 aromatic rings. The van der Waals surface area contributed by atoms with Crippen LogP contribution in [0, 0.1) is 11.8 Å². The molecule has 3 nitrogen and oxygen atoms in total. The van der Waals surface area contributed by atoms with Crippen LogP contribution in [-0.2, 0) is 11.2 Å². The minimum absolute atomic E-state index is 0.143. The van der Waals surface area contributed by atoms with Gasteiger partial charge in [-0.1, -0.05) is 32.0 Å². The second-order valence-electron chi connectivity index (χ2n) is 5.85. The van der Waals surface area contributed by atoms with Gasteiger partial charge in [-0.15, -0.1) is 0 Å². The highest BCUT2D eigenvalue weighted by molar-refractivity contribution is 5.91. The largest absolute Gasteiger partial charge is 0.326 e. The van der Waals surface area contributed by atoms with Crippen LogP contribution in [0.25, 0.3) is 0 Å². The molecule has 1 amide bonds. The summed E-state index contributed by atoms with van der Waals surface area (Å²) >= 11 is 0. The number of para-hydroxylation sites is 1. The van der Waals surface area contributed by atoms with Crippen LogP contribution in [-0.4, -0.2) is 19.0 Å². The quantitative estimate of drug-likeness (QED) is 0.865. The van der Waals surface area contributed by atoms with E-state index in [-0.39, 0.29) is 5.91 Å². The molecule has 0 saturated carbocycles. The van der Waals surface area contributed by atoms with Crippen molar-refractivity contribution in [2.45, 2.75) is 39.5 Å². The van der Waals surface area contributed by atoms with Gasteiger partial charge in [-0.05, 0) is 55.8 Å². The lowest BCUT2D eigenvalue weighted by molar-refractivity contribution is -0.117. The Morgan fingerprint density at radius 3 is 2.95 bits per heavy atom. The monoisotopic (exact) mass is 274 g/mol. The minimum Gasteiger partial charge on any atom is -0.326 e. The van der Waals surface area contributed by atoms with Gasteiger partial charge in [0.1, 0.15) is 0 Å². The molecule has 0 bridgehead atoms. The van der Waals surface area contributed by atoms with Crippen LogP contribution in [0.15, 0.2) is 24.3 Å². The molecule has 2 N–H and O–H groups in total. The first kappa shape index (κ1) is 15.0. The van der Waals surface area contributed by atoms with Crippen molar-refractivity contribution in [1.82, 2.24) is 5.32 Å². The van der Waals surface area contributed by atoms with Crippen LogP contribution in [0.5, 0.6) is 0 Å². The number of hydrogen-bond acceptors (Lipinski definition) is 2. The summed E-state index contributed by atoms with van der Waals surface area (Å²) in [5.41, 5.74) is 2.17. The maximum Gasteiger partial charge on any atom is 0.224 e. The first-order chi connectivity index (χ1) is 9.70. The molecule has 1 saturated heterocycles. The van der Waals surface area contributed by atoms with Crippen LogP contribution in [0.3, 0.4) is 0 Å². The fourth-order valence-corrected chi connectivity index (χ4v) is 2.98. The smallest absolute Gasteiger partial charge is 0.224 e. The maximum absolute atomic E-state index is 12.2. The van der Waals surface area contributed by atoms with E-state index in [1.807, 2.05) is 18.2 Å². The van der Waals surface area contributed by atoms with Crippen LogP contribution in [0.2, 0.25) is 0 Å². The number of carbonyl (C=O) groups is 1. The number of hydrogen-bond donors (Lipinski definition) is 2. The Hall–Kier alpha value is -1.35. The summed E-state index contributed by atoms with van der Waals surface area (Å²) in [4.78, 5) is 12.2. The van der Waals surface area contributed by atoms with Crippen LogP contribution >= 0.6 is 0 Å². The highest BCUT2D eigenvalue weighted by Gasteiger charge is 2.22. The highest BCUT2D eigenvalue weighted by atomic mass is 16.1. The Balaban J connectivity index is 1.88. The van der Waals surface area contributed by atoms with Gasteiger partial charge in [-0.25, -0.2) is 0 Å². The van der Waals surface area contributed by atoms with Crippen molar-refractivity contribution in [2.75, 3.05) is 18.4 Å². The predicted molar refractivity (Wildman–Crippen MR) is 83.8 cm³/mol. The molecule has 1 heterocycles. The van der Waals surface area contributed by atoms with Gasteiger partial charge in [0.25, 0.3) is 0 Å². The third kappa shape index (κ3) is 4.07. The van der Waals surface area contributed by atoms with Crippen LogP contribution in [0.1, 0.15) is 38.7 Å². The normalized spacial score (nSPS) is 20.4. The molecule has 3 heteroatoms.